The lowest BCUT2D eigenvalue weighted by Gasteiger charge is -2.21. The molecular formula is C10H14N2O2. The van der Waals surface area contributed by atoms with Gasteiger partial charge in [-0.2, -0.15) is 0 Å². The average molecular weight is 194 g/mol. The summed E-state index contributed by atoms with van der Waals surface area (Å²) in [5.74, 6) is 0.0891. The van der Waals surface area contributed by atoms with Gasteiger partial charge in [0.2, 0.25) is 5.91 Å². The average Bonchev–Trinajstić information content (AvgIpc) is 2.17. The Morgan fingerprint density at radius 3 is 2.64 bits per heavy atom. The maximum atomic E-state index is 11.1. The van der Waals surface area contributed by atoms with Gasteiger partial charge >= 0.3 is 0 Å². The molecule has 0 radical (unpaired) electrons. The SMILES string of the molecule is COc1cccc([C@@](C)(N)C(N)=O)c1. The van der Waals surface area contributed by atoms with Crippen molar-refractivity contribution in [2.24, 2.45) is 11.5 Å². The van der Waals surface area contributed by atoms with Crippen LogP contribution in [0.1, 0.15) is 12.5 Å². The Bertz CT molecular complexity index is 348. The lowest BCUT2D eigenvalue weighted by atomic mass is 9.92. The molecule has 0 aromatic heterocycles. The summed E-state index contributed by atoms with van der Waals surface area (Å²) < 4.78 is 5.02. The van der Waals surface area contributed by atoms with E-state index in [0.29, 0.717) is 11.3 Å². The van der Waals surface area contributed by atoms with Crippen molar-refractivity contribution in [1.82, 2.24) is 0 Å². The predicted molar refractivity (Wildman–Crippen MR) is 53.7 cm³/mol. The van der Waals surface area contributed by atoms with Crippen LogP contribution in [0.15, 0.2) is 24.3 Å². The van der Waals surface area contributed by atoms with Gasteiger partial charge in [-0.15, -0.1) is 0 Å². The van der Waals surface area contributed by atoms with Crippen LogP contribution in [0.3, 0.4) is 0 Å². The van der Waals surface area contributed by atoms with Crippen LogP contribution in [0.2, 0.25) is 0 Å². The number of ether oxygens (including phenoxy) is 1. The maximum Gasteiger partial charge on any atom is 0.241 e. The van der Waals surface area contributed by atoms with Gasteiger partial charge in [0.25, 0.3) is 0 Å². The van der Waals surface area contributed by atoms with Gasteiger partial charge in [-0.1, -0.05) is 12.1 Å². The highest BCUT2D eigenvalue weighted by molar-refractivity contribution is 5.85. The number of benzene rings is 1. The standard InChI is InChI=1S/C10H14N2O2/c1-10(12,9(11)13)7-4-3-5-8(6-7)14-2/h3-6H,12H2,1-2H3,(H2,11,13)/t10-/m1/s1. The van der Waals surface area contributed by atoms with Crippen LogP contribution in [0.25, 0.3) is 0 Å². The second kappa shape index (κ2) is 3.67. The Balaban J connectivity index is 3.12. The van der Waals surface area contributed by atoms with Gasteiger partial charge < -0.3 is 16.2 Å². The van der Waals surface area contributed by atoms with E-state index in [1.54, 1.807) is 38.3 Å². The number of carbonyl (C=O) groups excluding carboxylic acids is 1. The lowest BCUT2D eigenvalue weighted by molar-refractivity contribution is -0.122. The first kappa shape index (κ1) is 10.5. The molecule has 0 aliphatic carbocycles. The molecule has 1 rings (SSSR count). The van der Waals surface area contributed by atoms with E-state index in [4.69, 9.17) is 16.2 Å². The van der Waals surface area contributed by atoms with Crippen LogP contribution in [-0.2, 0) is 10.3 Å². The number of rotatable bonds is 3. The topological polar surface area (TPSA) is 78.3 Å². The van der Waals surface area contributed by atoms with Gasteiger partial charge in [-0.25, -0.2) is 0 Å². The first-order chi connectivity index (χ1) is 6.48. The van der Waals surface area contributed by atoms with E-state index in [1.165, 1.54) is 0 Å². The lowest BCUT2D eigenvalue weighted by Crippen LogP contribution is -2.46. The molecule has 0 bridgehead atoms. The summed E-state index contributed by atoms with van der Waals surface area (Å²) in [6, 6.07) is 6.99. The fraction of sp³-hybridized carbons (Fsp3) is 0.300. The van der Waals surface area contributed by atoms with Gasteiger partial charge in [0.05, 0.1) is 7.11 Å². The van der Waals surface area contributed by atoms with Crippen molar-refractivity contribution in [2.75, 3.05) is 7.11 Å². The zero-order valence-electron chi connectivity index (χ0n) is 8.28. The highest BCUT2D eigenvalue weighted by Gasteiger charge is 2.28. The van der Waals surface area contributed by atoms with E-state index < -0.39 is 11.4 Å². The van der Waals surface area contributed by atoms with Gasteiger partial charge in [-0.3, -0.25) is 4.79 Å². The zero-order valence-corrected chi connectivity index (χ0v) is 8.28. The summed E-state index contributed by atoms with van der Waals surface area (Å²) in [7, 11) is 1.55. The molecule has 1 aromatic rings. The summed E-state index contributed by atoms with van der Waals surface area (Å²) >= 11 is 0. The Labute approximate surface area is 82.8 Å². The molecule has 0 aliphatic rings. The molecule has 14 heavy (non-hydrogen) atoms. The Morgan fingerprint density at radius 2 is 2.14 bits per heavy atom. The second-order valence-electron chi connectivity index (χ2n) is 3.30. The predicted octanol–water partition coefficient (Wildman–Crippen LogP) is 0.354. The molecule has 0 heterocycles. The molecular weight excluding hydrogens is 180 g/mol. The van der Waals surface area contributed by atoms with Gasteiger partial charge in [0, 0.05) is 0 Å². The summed E-state index contributed by atoms with van der Waals surface area (Å²) in [5, 5.41) is 0. The molecule has 0 saturated carbocycles. The fourth-order valence-corrected chi connectivity index (χ4v) is 1.09. The van der Waals surface area contributed by atoms with Gasteiger partial charge in [0.1, 0.15) is 11.3 Å². The molecule has 0 saturated heterocycles. The zero-order chi connectivity index (χ0) is 10.8. The van der Waals surface area contributed by atoms with Crippen molar-refractivity contribution in [1.29, 1.82) is 0 Å². The molecule has 1 atom stereocenters. The van der Waals surface area contributed by atoms with Crippen LogP contribution < -0.4 is 16.2 Å². The Kier molecular flexibility index (Phi) is 2.76. The van der Waals surface area contributed by atoms with E-state index in [0.717, 1.165) is 0 Å². The molecule has 0 unspecified atom stereocenters. The highest BCUT2D eigenvalue weighted by atomic mass is 16.5. The third kappa shape index (κ3) is 1.85. The summed E-state index contributed by atoms with van der Waals surface area (Å²) in [5.41, 5.74) is 10.4. The van der Waals surface area contributed by atoms with Crippen molar-refractivity contribution in [2.45, 2.75) is 12.5 Å². The van der Waals surface area contributed by atoms with E-state index in [9.17, 15) is 4.79 Å². The van der Waals surface area contributed by atoms with E-state index in [2.05, 4.69) is 0 Å². The number of amides is 1. The minimum Gasteiger partial charge on any atom is -0.497 e. The van der Waals surface area contributed by atoms with Crippen molar-refractivity contribution in [3.05, 3.63) is 29.8 Å². The van der Waals surface area contributed by atoms with Crippen LogP contribution in [0, 0.1) is 0 Å². The summed E-state index contributed by atoms with van der Waals surface area (Å²) in [4.78, 5) is 11.1. The van der Waals surface area contributed by atoms with Crippen molar-refractivity contribution < 1.29 is 9.53 Å². The van der Waals surface area contributed by atoms with Crippen LogP contribution in [0.4, 0.5) is 0 Å². The van der Waals surface area contributed by atoms with E-state index in [1.807, 2.05) is 0 Å². The van der Waals surface area contributed by atoms with E-state index in [-0.39, 0.29) is 0 Å². The summed E-state index contributed by atoms with van der Waals surface area (Å²) in [6.07, 6.45) is 0. The first-order valence-corrected chi connectivity index (χ1v) is 4.22. The number of hydrogen-bond acceptors (Lipinski definition) is 3. The quantitative estimate of drug-likeness (QED) is 0.729. The number of nitrogens with two attached hydrogens (primary N) is 2. The fourth-order valence-electron chi connectivity index (χ4n) is 1.09. The maximum absolute atomic E-state index is 11.1. The molecule has 0 fully saturated rings. The molecule has 0 spiro atoms. The minimum atomic E-state index is -1.16. The van der Waals surface area contributed by atoms with E-state index >= 15 is 0 Å². The molecule has 4 nitrogen and oxygen atoms in total. The second-order valence-corrected chi connectivity index (χ2v) is 3.30. The number of primary amides is 1. The smallest absolute Gasteiger partial charge is 0.241 e. The van der Waals surface area contributed by atoms with Gasteiger partial charge in [-0.05, 0) is 24.6 Å². The number of methoxy groups -OCH3 is 1. The normalized spacial score (nSPS) is 14.5. The van der Waals surface area contributed by atoms with Crippen LogP contribution >= 0.6 is 0 Å². The molecule has 4 heteroatoms. The molecule has 76 valence electrons. The van der Waals surface area contributed by atoms with Crippen LogP contribution in [-0.4, -0.2) is 13.0 Å². The third-order valence-electron chi connectivity index (χ3n) is 2.18. The van der Waals surface area contributed by atoms with Crippen molar-refractivity contribution >= 4 is 5.91 Å². The van der Waals surface area contributed by atoms with Crippen LogP contribution in [0.5, 0.6) is 5.75 Å². The number of carbonyl (C=O) groups is 1. The Hall–Kier alpha value is -1.55. The largest absolute Gasteiger partial charge is 0.497 e. The summed E-state index contributed by atoms with van der Waals surface area (Å²) in [6.45, 7) is 1.57. The highest BCUT2D eigenvalue weighted by Crippen LogP contribution is 2.21. The van der Waals surface area contributed by atoms with Crippen molar-refractivity contribution in [3.63, 3.8) is 0 Å². The van der Waals surface area contributed by atoms with Gasteiger partial charge in [0.15, 0.2) is 0 Å². The molecule has 1 aromatic carbocycles. The Morgan fingerprint density at radius 1 is 1.50 bits per heavy atom. The number of hydrogen-bond donors (Lipinski definition) is 2. The first-order valence-electron chi connectivity index (χ1n) is 4.22. The monoisotopic (exact) mass is 194 g/mol. The third-order valence-corrected chi connectivity index (χ3v) is 2.18. The van der Waals surface area contributed by atoms with Crippen molar-refractivity contribution in [3.8, 4) is 5.75 Å². The molecule has 0 aliphatic heterocycles. The minimum absolute atomic E-state index is 0.564. The molecule has 1 amide bonds. The molecule has 4 N–H and O–H groups in total.